The van der Waals surface area contributed by atoms with Gasteiger partial charge in [-0.25, -0.2) is 4.21 Å². The Morgan fingerprint density at radius 3 is 2.00 bits per heavy atom. The van der Waals surface area contributed by atoms with Crippen molar-refractivity contribution in [2.75, 3.05) is 0 Å². The van der Waals surface area contributed by atoms with Gasteiger partial charge in [-0.15, -0.1) is 0 Å². The second-order valence-corrected chi connectivity index (χ2v) is 4.77. The van der Waals surface area contributed by atoms with E-state index in [2.05, 4.69) is 4.18 Å². The first-order chi connectivity index (χ1) is 9.58. The Labute approximate surface area is 116 Å². The van der Waals surface area contributed by atoms with Gasteiger partial charge in [-0.2, -0.15) is 0 Å². The van der Waals surface area contributed by atoms with E-state index in [1.807, 2.05) is 0 Å². The van der Waals surface area contributed by atoms with Gasteiger partial charge in [0.1, 0.15) is 17.1 Å². The maximum Gasteiger partial charge on any atom is 0.194 e. The number of ketones is 2. The fourth-order valence-corrected chi connectivity index (χ4v) is 2.47. The first-order valence-corrected chi connectivity index (χ1v) is 6.68. The molecule has 0 radical (unpaired) electrons. The molecule has 6 heteroatoms. The van der Waals surface area contributed by atoms with Crippen LogP contribution in [-0.2, 0) is 11.4 Å². The molecule has 0 amide bonds. The average Bonchev–Trinajstić information content (AvgIpc) is 2.44. The lowest BCUT2D eigenvalue weighted by molar-refractivity contribution is 0.0979. The summed E-state index contributed by atoms with van der Waals surface area (Å²) in [4.78, 5) is 24.6. The van der Waals surface area contributed by atoms with Gasteiger partial charge in [-0.3, -0.25) is 9.59 Å². The van der Waals surface area contributed by atoms with E-state index < -0.39 is 11.4 Å². The molecule has 2 aromatic carbocycles. The fraction of sp³-hybridized carbons (Fsp3) is 0. The van der Waals surface area contributed by atoms with Gasteiger partial charge in [0.15, 0.2) is 11.6 Å². The van der Waals surface area contributed by atoms with Gasteiger partial charge in [0, 0.05) is 22.3 Å². The van der Waals surface area contributed by atoms with Crippen molar-refractivity contribution in [3.05, 3.63) is 64.7 Å². The molecule has 0 N–H and O–H groups in total. The third-order valence-corrected chi connectivity index (χ3v) is 3.39. The summed E-state index contributed by atoms with van der Waals surface area (Å²) in [6, 6.07) is 10.5. The number of benzene rings is 2. The van der Waals surface area contributed by atoms with Crippen LogP contribution in [0.2, 0.25) is 0 Å². The lowest BCUT2D eigenvalue weighted by Crippen LogP contribution is -2.20. The molecule has 0 heterocycles. The summed E-state index contributed by atoms with van der Waals surface area (Å²) in [5.41, 5.74) is 1.06. The highest BCUT2D eigenvalue weighted by molar-refractivity contribution is 7.74. The third kappa shape index (κ3) is 1.95. The summed E-state index contributed by atoms with van der Waals surface area (Å²) in [5.74, 6) is -0.583. The van der Waals surface area contributed by atoms with Crippen molar-refractivity contribution in [3.63, 3.8) is 0 Å². The van der Waals surface area contributed by atoms with Gasteiger partial charge < -0.3 is 8.74 Å². The van der Waals surface area contributed by atoms with E-state index in [1.54, 1.807) is 24.3 Å². The van der Waals surface area contributed by atoms with Gasteiger partial charge in [0.05, 0.1) is 0 Å². The first-order valence-electron chi connectivity index (χ1n) is 5.68. The van der Waals surface area contributed by atoms with E-state index in [9.17, 15) is 18.4 Å². The van der Waals surface area contributed by atoms with Crippen LogP contribution >= 0.6 is 0 Å². The SMILES string of the molecule is O=C1c2ccccc2C(=O)c2cc(OS(=O)[O-])ccc21. The first kappa shape index (κ1) is 12.7. The zero-order valence-electron chi connectivity index (χ0n) is 9.99. The van der Waals surface area contributed by atoms with Crippen molar-refractivity contribution in [2.24, 2.45) is 0 Å². The quantitative estimate of drug-likeness (QED) is 0.669. The Bertz CT molecular complexity index is 766. The molecule has 5 nitrogen and oxygen atoms in total. The zero-order chi connectivity index (χ0) is 14.3. The van der Waals surface area contributed by atoms with Crippen molar-refractivity contribution >= 4 is 22.9 Å². The Kier molecular flexibility index (Phi) is 2.96. The molecule has 3 rings (SSSR count). The lowest BCUT2D eigenvalue weighted by atomic mass is 9.84. The van der Waals surface area contributed by atoms with E-state index in [0.717, 1.165) is 0 Å². The minimum absolute atomic E-state index is 0.00221. The number of fused-ring (bicyclic) bond motifs is 2. The molecule has 100 valence electrons. The highest BCUT2D eigenvalue weighted by atomic mass is 32.2. The van der Waals surface area contributed by atoms with E-state index in [0.29, 0.717) is 11.1 Å². The molecule has 0 bridgehead atoms. The second-order valence-electron chi connectivity index (χ2n) is 4.20. The predicted octanol–water partition coefficient (Wildman–Crippen LogP) is 1.63. The number of rotatable bonds is 2. The highest BCUT2D eigenvalue weighted by Crippen LogP contribution is 2.29. The molecule has 0 aromatic heterocycles. The Morgan fingerprint density at radius 1 is 0.850 bits per heavy atom. The monoisotopic (exact) mass is 287 g/mol. The molecule has 1 unspecified atom stereocenters. The summed E-state index contributed by atoms with van der Waals surface area (Å²) >= 11 is -2.73. The van der Waals surface area contributed by atoms with E-state index in [4.69, 9.17) is 0 Å². The molecule has 0 saturated heterocycles. The summed E-state index contributed by atoms with van der Waals surface area (Å²) in [7, 11) is 0. The van der Waals surface area contributed by atoms with Gasteiger partial charge in [-0.1, -0.05) is 24.3 Å². The summed E-state index contributed by atoms with van der Waals surface area (Å²) < 4.78 is 25.5. The standard InChI is InChI=1S/C14H8O5S/c15-13-9-3-1-2-4-10(9)14(16)12-7-8(19-20(17)18)5-6-11(12)13/h1-7H,(H,17,18)/p-1. The molecule has 1 aliphatic rings. The summed E-state index contributed by atoms with van der Waals surface area (Å²) in [6.07, 6.45) is 0. The minimum Gasteiger partial charge on any atom is -0.740 e. The van der Waals surface area contributed by atoms with Crippen LogP contribution in [-0.4, -0.2) is 20.3 Å². The minimum atomic E-state index is -2.73. The van der Waals surface area contributed by atoms with Crippen molar-refractivity contribution < 1.29 is 22.5 Å². The number of hydrogen-bond acceptors (Lipinski definition) is 5. The second kappa shape index (κ2) is 4.66. The topological polar surface area (TPSA) is 83.5 Å². The van der Waals surface area contributed by atoms with Crippen molar-refractivity contribution in [1.29, 1.82) is 0 Å². The van der Waals surface area contributed by atoms with Crippen LogP contribution in [0, 0.1) is 0 Å². The molecular formula is C14H7O5S-. The van der Waals surface area contributed by atoms with Crippen molar-refractivity contribution in [1.82, 2.24) is 0 Å². The highest BCUT2D eigenvalue weighted by Gasteiger charge is 2.29. The predicted molar refractivity (Wildman–Crippen MR) is 69.3 cm³/mol. The Balaban J connectivity index is 2.16. The van der Waals surface area contributed by atoms with Crippen molar-refractivity contribution in [3.8, 4) is 5.75 Å². The molecule has 1 aliphatic carbocycles. The summed E-state index contributed by atoms with van der Waals surface area (Å²) in [5, 5.41) is 0. The lowest BCUT2D eigenvalue weighted by Gasteiger charge is -2.18. The third-order valence-electron chi connectivity index (χ3n) is 3.06. The Morgan fingerprint density at radius 2 is 1.40 bits per heavy atom. The molecule has 0 fully saturated rings. The van der Waals surface area contributed by atoms with Crippen LogP contribution in [0.15, 0.2) is 42.5 Å². The normalized spacial score (nSPS) is 14.4. The van der Waals surface area contributed by atoms with E-state index in [1.165, 1.54) is 18.2 Å². The zero-order valence-corrected chi connectivity index (χ0v) is 10.8. The smallest absolute Gasteiger partial charge is 0.194 e. The molecule has 0 spiro atoms. The molecule has 0 aliphatic heterocycles. The van der Waals surface area contributed by atoms with Crippen LogP contribution < -0.4 is 4.18 Å². The average molecular weight is 287 g/mol. The van der Waals surface area contributed by atoms with Gasteiger partial charge in [0.2, 0.25) is 0 Å². The molecule has 20 heavy (non-hydrogen) atoms. The molecule has 1 atom stereocenters. The van der Waals surface area contributed by atoms with Crippen LogP contribution in [0.25, 0.3) is 0 Å². The maximum absolute atomic E-state index is 12.3. The van der Waals surface area contributed by atoms with Crippen LogP contribution in [0.1, 0.15) is 31.8 Å². The number of hydrogen-bond donors (Lipinski definition) is 0. The molecule has 2 aromatic rings. The summed E-state index contributed by atoms with van der Waals surface area (Å²) in [6.45, 7) is 0. The molecular weight excluding hydrogens is 280 g/mol. The number of carbonyl (C=O) groups is 2. The van der Waals surface area contributed by atoms with Crippen LogP contribution in [0.4, 0.5) is 0 Å². The Hall–Kier alpha value is -2.31. The molecule has 0 saturated carbocycles. The van der Waals surface area contributed by atoms with Gasteiger partial charge in [0.25, 0.3) is 0 Å². The van der Waals surface area contributed by atoms with Gasteiger partial charge in [-0.05, 0) is 18.2 Å². The van der Waals surface area contributed by atoms with Crippen molar-refractivity contribution in [2.45, 2.75) is 0 Å². The van der Waals surface area contributed by atoms with Crippen LogP contribution in [0.3, 0.4) is 0 Å². The maximum atomic E-state index is 12.3. The van der Waals surface area contributed by atoms with E-state index in [-0.39, 0.29) is 28.4 Å². The number of carbonyl (C=O) groups excluding carboxylic acids is 2. The van der Waals surface area contributed by atoms with E-state index >= 15 is 0 Å². The van der Waals surface area contributed by atoms with Gasteiger partial charge >= 0.3 is 0 Å². The van der Waals surface area contributed by atoms with Crippen LogP contribution in [0.5, 0.6) is 5.75 Å². The fourth-order valence-electron chi connectivity index (χ4n) is 2.21. The largest absolute Gasteiger partial charge is 0.740 e.